The lowest BCUT2D eigenvalue weighted by Crippen LogP contribution is -2.41. The number of aromatic nitrogens is 2. The van der Waals surface area contributed by atoms with Crippen LogP contribution < -0.4 is 14.7 Å². The largest absolute Gasteiger partial charge is 0.550 e. The molecule has 3 fully saturated rings. The first-order valence-electron chi connectivity index (χ1n) is 15.2. The number of ether oxygens (including phenoxy) is 2. The lowest BCUT2D eigenvalue weighted by atomic mass is 9.91. The van der Waals surface area contributed by atoms with Crippen molar-refractivity contribution in [1.82, 2.24) is 14.9 Å². The monoisotopic (exact) mass is 591 g/mol. The summed E-state index contributed by atoms with van der Waals surface area (Å²) >= 11 is 0. The van der Waals surface area contributed by atoms with Gasteiger partial charge in [-0.2, -0.15) is 0 Å². The third-order valence-corrected chi connectivity index (χ3v) is 9.13. The van der Waals surface area contributed by atoms with E-state index in [1.807, 2.05) is 30.0 Å². The number of benzene rings is 1. The maximum atomic E-state index is 15.1. The zero-order valence-electron chi connectivity index (χ0n) is 24.4. The molecule has 8 nitrogen and oxygen atoms in total. The summed E-state index contributed by atoms with van der Waals surface area (Å²) in [5, 5.41) is 11.2. The number of aliphatic carboxylic acids is 1. The second-order valence-corrected chi connectivity index (χ2v) is 11.8. The Morgan fingerprint density at radius 1 is 1.02 bits per heavy atom. The second-order valence-electron chi connectivity index (χ2n) is 11.8. The second kappa shape index (κ2) is 12.9. The molecule has 0 N–H and O–H groups in total. The van der Waals surface area contributed by atoms with Crippen LogP contribution >= 0.6 is 0 Å². The molecule has 3 aliphatic rings. The number of carboxylic acids is 1. The number of nitrogens with zero attached hydrogens (tertiary/aromatic N) is 4. The number of hydrogen-bond acceptors (Lipinski definition) is 8. The maximum absolute atomic E-state index is 15.1. The molecule has 0 aliphatic carbocycles. The zero-order valence-corrected chi connectivity index (χ0v) is 24.4. The standard InChI is InChI=1S/C33H38F2N4O4/c1-21-24(5-6-29(36-21)22-7-12-38(13-8-22)26-11-16-42-20-26)19-43-32-27(17-25(34)18-28(32)35)30-3-2-4-31(37-30)39-14-9-23(10-15-39)33(40)41/h2-6,17-18,22-23,26H,7-16,19-20H2,1H3,(H,40,41)/p-1. The highest BCUT2D eigenvalue weighted by Crippen LogP contribution is 2.35. The van der Waals surface area contributed by atoms with Crippen molar-refractivity contribution in [3.63, 3.8) is 0 Å². The Hall–Kier alpha value is -3.63. The van der Waals surface area contributed by atoms with Crippen molar-refractivity contribution in [1.29, 1.82) is 0 Å². The molecule has 0 amide bonds. The molecule has 228 valence electrons. The van der Waals surface area contributed by atoms with Crippen molar-refractivity contribution in [2.75, 3.05) is 44.3 Å². The average molecular weight is 592 g/mol. The number of carbonyl (C=O) groups is 1. The molecule has 0 saturated carbocycles. The van der Waals surface area contributed by atoms with E-state index in [1.165, 1.54) is 6.07 Å². The first-order valence-corrected chi connectivity index (χ1v) is 15.2. The third kappa shape index (κ3) is 6.65. The highest BCUT2D eigenvalue weighted by molar-refractivity contribution is 5.70. The molecular formula is C33H37F2N4O4-. The number of aryl methyl sites for hydroxylation is 1. The summed E-state index contributed by atoms with van der Waals surface area (Å²) < 4.78 is 41.1. The van der Waals surface area contributed by atoms with E-state index in [2.05, 4.69) is 9.88 Å². The molecule has 43 heavy (non-hydrogen) atoms. The van der Waals surface area contributed by atoms with Crippen LogP contribution in [0, 0.1) is 24.5 Å². The molecule has 0 bridgehead atoms. The number of halogens is 2. The summed E-state index contributed by atoms with van der Waals surface area (Å²) in [6.07, 6.45) is 4.14. The Labute approximate surface area is 250 Å². The van der Waals surface area contributed by atoms with Gasteiger partial charge in [0.15, 0.2) is 11.6 Å². The summed E-state index contributed by atoms with van der Waals surface area (Å²) in [6, 6.07) is 11.9. The minimum Gasteiger partial charge on any atom is -0.550 e. The molecule has 1 aromatic carbocycles. The van der Waals surface area contributed by atoms with Gasteiger partial charge >= 0.3 is 0 Å². The van der Waals surface area contributed by atoms with Gasteiger partial charge in [-0.15, -0.1) is 0 Å². The molecule has 1 atom stereocenters. The van der Waals surface area contributed by atoms with Crippen molar-refractivity contribution in [3.8, 4) is 17.0 Å². The van der Waals surface area contributed by atoms with Crippen LogP contribution in [0.25, 0.3) is 11.3 Å². The molecule has 3 aromatic rings. The van der Waals surface area contributed by atoms with Crippen molar-refractivity contribution in [3.05, 3.63) is 71.1 Å². The normalized spacial score (nSPS) is 20.4. The van der Waals surface area contributed by atoms with Crippen LogP contribution in [0.15, 0.2) is 42.5 Å². The van der Waals surface area contributed by atoms with Gasteiger partial charge in [0.25, 0.3) is 0 Å². The smallest absolute Gasteiger partial charge is 0.168 e. The minimum absolute atomic E-state index is 0.0746. The molecule has 3 aliphatic heterocycles. The van der Waals surface area contributed by atoms with E-state index in [0.29, 0.717) is 49.4 Å². The summed E-state index contributed by atoms with van der Waals surface area (Å²) in [4.78, 5) is 25.3. The predicted molar refractivity (Wildman–Crippen MR) is 156 cm³/mol. The fourth-order valence-electron chi connectivity index (χ4n) is 6.50. The zero-order chi connectivity index (χ0) is 29.9. The van der Waals surface area contributed by atoms with Crippen LogP contribution in [0.5, 0.6) is 5.75 Å². The van der Waals surface area contributed by atoms with Crippen LogP contribution in [0.4, 0.5) is 14.6 Å². The van der Waals surface area contributed by atoms with Gasteiger partial charge in [0.1, 0.15) is 18.2 Å². The summed E-state index contributed by atoms with van der Waals surface area (Å²) in [5.41, 5.74) is 3.31. The molecule has 5 heterocycles. The van der Waals surface area contributed by atoms with Crippen molar-refractivity contribution < 1.29 is 28.2 Å². The number of likely N-dealkylation sites (tertiary alicyclic amines) is 1. The van der Waals surface area contributed by atoms with E-state index in [4.69, 9.17) is 14.5 Å². The Morgan fingerprint density at radius 3 is 2.51 bits per heavy atom. The quantitative estimate of drug-likeness (QED) is 0.384. The van der Waals surface area contributed by atoms with Gasteiger partial charge in [0.05, 0.1) is 12.3 Å². The first-order chi connectivity index (χ1) is 20.9. The van der Waals surface area contributed by atoms with Gasteiger partial charge in [-0.05, 0) is 76.4 Å². The Morgan fingerprint density at radius 2 is 1.81 bits per heavy atom. The van der Waals surface area contributed by atoms with E-state index in [-0.39, 0.29) is 17.9 Å². The van der Waals surface area contributed by atoms with Gasteiger partial charge in [0.2, 0.25) is 0 Å². The molecule has 1 unspecified atom stereocenters. The van der Waals surface area contributed by atoms with Crippen molar-refractivity contribution in [2.45, 2.75) is 57.6 Å². The number of pyridine rings is 2. The molecule has 0 radical (unpaired) electrons. The Bertz CT molecular complexity index is 1450. The van der Waals surface area contributed by atoms with E-state index < -0.39 is 23.5 Å². The summed E-state index contributed by atoms with van der Waals surface area (Å²) in [5.74, 6) is -2.10. The average Bonchev–Trinajstić information content (AvgIpc) is 3.56. The highest BCUT2D eigenvalue weighted by Gasteiger charge is 2.29. The molecule has 6 rings (SSSR count). The summed E-state index contributed by atoms with van der Waals surface area (Å²) in [6.45, 7) is 6.80. The van der Waals surface area contributed by atoms with Crippen LogP contribution in [-0.2, 0) is 16.1 Å². The lowest BCUT2D eigenvalue weighted by molar-refractivity contribution is -0.312. The van der Waals surface area contributed by atoms with Crippen LogP contribution in [-0.4, -0.2) is 66.3 Å². The van der Waals surface area contributed by atoms with Crippen LogP contribution in [0.2, 0.25) is 0 Å². The maximum Gasteiger partial charge on any atom is 0.168 e. The van der Waals surface area contributed by atoms with Crippen LogP contribution in [0.1, 0.15) is 55.0 Å². The SMILES string of the molecule is Cc1nc(C2CCN(C3CCOC3)CC2)ccc1COc1c(F)cc(F)cc1-c1cccc(N2CCC(C(=O)[O-])CC2)n1. The van der Waals surface area contributed by atoms with E-state index >= 15 is 4.39 Å². The predicted octanol–water partition coefficient (Wildman–Crippen LogP) is 4.24. The minimum atomic E-state index is -1.03. The third-order valence-electron chi connectivity index (χ3n) is 9.13. The number of anilines is 1. The fraction of sp³-hybridized carbons (Fsp3) is 0.485. The molecule has 0 spiro atoms. The van der Waals surface area contributed by atoms with Crippen molar-refractivity contribution in [2.24, 2.45) is 5.92 Å². The van der Waals surface area contributed by atoms with Gasteiger partial charge < -0.3 is 24.3 Å². The lowest BCUT2D eigenvalue weighted by Gasteiger charge is -2.35. The van der Waals surface area contributed by atoms with Gasteiger partial charge in [-0.3, -0.25) is 9.88 Å². The molecule has 2 aromatic heterocycles. The first kappa shape index (κ1) is 29.4. The highest BCUT2D eigenvalue weighted by atomic mass is 19.1. The van der Waals surface area contributed by atoms with E-state index in [0.717, 1.165) is 68.6 Å². The molecular weight excluding hydrogens is 554 g/mol. The number of rotatable bonds is 8. The van der Waals surface area contributed by atoms with Gasteiger partial charge in [-0.25, -0.2) is 13.8 Å². The molecule has 10 heteroatoms. The number of piperidine rings is 2. The topological polar surface area (TPSA) is 90.9 Å². The number of hydrogen-bond donors (Lipinski definition) is 0. The van der Waals surface area contributed by atoms with E-state index in [1.54, 1.807) is 12.1 Å². The van der Waals surface area contributed by atoms with Gasteiger partial charge in [0, 0.05) is 72.1 Å². The number of carbonyl (C=O) groups excluding carboxylic acids is 1. The number of carboxylic acid groups (broad SMARTS) is 1. The van der Waals surface area contributed by atoms with E-state index in [9.17, 15) is 14.3 Å². The summed E-state index contributed by atoms with van der Waals surface area (Å²) in [7, 11) is 0. The Balaban J connectivity index is 1.14. The van der Waals surface area contributed by atoms with Crippen LogP contribution in [0.3, 0.4) is 0 Å². The van der Waals surface area contributed by atoms with Crippen molar-refractivity contribution >= 4 is 11.8 Å². The molecule has 3 saturated heterocycles. The fourth-order valence-corrected chi connectivity index (χ4v) is 6.50. The Kier molecular flexibility index (Phi) is 8.85. The van der Waals surface area contributed by atoms with Gasteiger partial charge in [-0.1, -0.05) is 12.1 Å².